The number of aliphatic hydroxyl groups is 1. The van der Waals surface area contributed by atoms with Crippen molar-refractivity contribution in [3.8, 4) is 5.75 Å². The number of hydrogen-bond acceptors (Lipinski definition) is 4. The molecule has 5 heteroatoms. The van der Waals surface area contributed by atoms with Gasteiger partial charge in [-0.15, -0.1) is 0 Å². The lowest BCUT2D eigenvalue weighted by atomic mass is 10.2. The fourth-order valence-electron chi connectivity index (χ4n) is 1.00. The number of carbonyl (C=O) groups is 1. The number of anilines is 1. The molecule has 1 rings (SSSR count). The monoisotopic (exact) mass is 211 g/mol. The average Bonchev–Trinajstić information content (AvgIpc) is 2.16. The van der Waals surface area contributed by atoms with E-state index in [0.29, 0.717) is 5.69 Å². The van der Waals surface area contributed by atoms with Gasteiger partial charge in [0.1, 0.15) is 12.4 Å². The molecule has 0 aliphatic heterocycles. The van der Waals surface area contributed by atoms with Crippen molar-refractivity contribution in [3.63, 3.8) is 0 Å². The Balaban J connectivity index is 2.85. The molecule has 0 heterocycles. The standard InChI is InChI=1S/C10H13NO4/c1-6(12)5-15-9-4-7(10(13)14)2-3-8(9)11/h2-4,6,12H,5,11H2,1H3,(H,13,14). The van der Waals surface area contributed by atoms with Crippen LogP contribution in [0.15, 0.2) is 18.2 Å². The summed E-state index contributed by atoms with van der Waals surface area (Å²) in [4.78, 5) is 10.7. The van der Waals surface area contributed by atoms with Gasteiger partial charge in [0.2, 0.25) is 0 Å². The highest BCUT2D eigenvalue weighted by Gasteiger charge is 2.08. The van der Waals surface area contributed by atoms with Crippen LogP contribution in [0.1, 0.15) is 17.3 Å². The van der Waals surface area contributed by atoms with Crippen molar-refractivity contribution < 1.29 is 19.7 Å². The molecule has 82 valence electrons. The second-order valence-electron chi connectivity index (χ2n) is 3.22. The maximum Gasteiger partial charge on any atom is 0.335 e. The van der Waals surface area contributed by atoms with Crippen LogP contribution in [0.4, 0.5) is 5.69 Å². The summed E-state index contributed by atoms with van der Waals surface area (Å²) in [5.41, 5.74) is 6.03. The van der Waals surface area contributed by atoms with Gasteiger partial charge < -0.3 is 20.7 Å². The first-order valence-electron chi connectivity index (χ1n) is 4.44. The number of nitrogen functional groups attached to an aromatic ring is 1. The van der Waals surface area contributed by atoms with Gasteiger partial charge in [0.15, 0.2) is 0 Å². The second-order valence-corrected chi connectivity index (χ2v) is 3.22. The molecule has 15 heavy (non-hydrogen) atoms. The predicted octanol–water partition coefficient (Wildman–Crippen LogP) is 0.727. The lowest BCUT2D eigenvalue weighted by Gasteiger charge is -2.10. The number of carboxylic acid groups (broad SMARTS) is 1. The summed E-state index contributed by atoms with van der Waals surface area (Å²) >= 11 is 0. The minimum Gasteiger partial charge on any atom is -0.489 e. The number of ether oxygens (including phenoxy) is 1. The van der Waals surface area contributed by atoms with Crippen LogP contribution in [-0.4, -0.2) is 28.9 Å². The lowest BCUT2D eigenvalue weighted by molar-refractivity contribution is 0.0696. The zero-order valence-electron chi connectivity index (χ0n) is 8.30. The largest absolute Gasteiger partial charge is 0.489 e. The number of benzene rings is 1. The number of aromatic carboxylic acids is 1. The molecular formula is C10H13NO4. The molecule has 0 bridgehead atoms. The van der Waals surface area contributed by atoms with Gasteiger partial charge in [-0.25, -0.2) is 4.79 Å². The third-order valence-corrected chi connectivity index (χ3v) is 1.74. The van der Waals surface area contributed by atoms with Gasteiger partial charge in [0.05, 0.1) is 17.4 Å². The molecule has 1 aromatic rings. The van der Waals surface area contributed by atoms with Gasteiger partial charge >= 0.3 is 5.97 Å². The van der Waals surface area contributed by atoms with E-state index in [1.165, 1.54) is 18.2 Å². The summed E-state index contributed by atoms with van der Waals surface area (Å²) in [7, 11) is 0. The van der Waals surface area contributed by atoms with Crippen molar-refractivity contribution in [2.45, 2.75) is 13.0 Å². The van der Waals surface area contributed by atoms with Crippen LogP contribution in [0.2, 0.25) is 0 Å². The number of nitrogens with two attached hydrogens (primary N) is 1. The van der Waals surface area contributed by atoms with Crippen molar-refractivity contribution in [2.75, 3.05) is 12.3 Å². The highest BCUT2D eigenvalue weighted by molar-refractivity contribution is 5.89. The summed E-state index contributed by atoms with van der Waals surface area (Å²) < 4.78 is 5.15. The minimum absolute atomic E-state index is 0.0767. The molecule has 0 amide bonds. The Morgan fingerprint density at radius 3 is 2.80 bits per heavy atom. The minimum atomic E-state index is -1.04. The number of rotatable bonds is 4. The van der Waals surface area contributed by atoms with Crippen molar-refractivity contribution in [1.82, 2.24) is 0 Å². The molecule has 0 aliphatic rings. The van der Waals surface area contributed by atoms with Crippen LogP contribution in [0, 0.1) is 0 Å². The van der Waals surface area contributed by atoms with Crippen molar-refractivity contribution >= 4 is 11.7 Å². The van der Waals surface area contributed by atoms with E-state index in [9.17, 15) is 4.79 Å². The van der Waals surface area contributed by atoms with E-state index in [-0.39, 0.29) is 17.9 Å². The number of hydrogen-bond donors (Lipinski definition) is 3. The molecule has 0 aliphatic carbocycles. The summed E-state index contributed by atoms with van der Waals surface area (Å²) in [6.07, 6.45) is -0.627. The van der Waals surface area contributed by atoms with Crippen LogP contribution >= 0.6 is 0 Å². The molecule has 0 saturated heterocycles. The fourth-order valence-corrected chi connectivity index (χ4v) is 1.00. The number of carboxylic acids is 1. The van der Waals surface area contributed by atoms with Gasteiger partial charge in [-0.05, 0) is 25.1 Å². The van der Waals surface area contributed by atoms with E-state index in [1.54, 1.807) is 6.92 Å². The SMILES string of the molecule is CC(O)COc1cc(C(=O)O)ccc1N. The maximum atomic E-state index is 10.7. The normalized spacial score (nSPS) is 12.1. The van der Waals surface area contributed by atoms with Gasteiger partial charge in [-0.1, -0.05) is 0 Å². The Kier molecular flexibility index (Phi) is 3.51. The first kappa shape index (κ1) is 11.3. The molecule has 0 aromatic heterocycles. The van der Waals surface area contributed by atoms with Crippen LogP contribution in [0.3, 0.4) is 0 Å². The molecule has 0 saturated carbocycles. The van der Waals surface area contributed by atoms with Gasteiger partial charge in [-0.2, -0.15) is 0 Å². The molecule has 5 nitrogen and oxygen atoms in total. The zero-order valence-corrected chi connectivity index (χ0v) is 8.30. The van der Waals surface area contributed by atoms with E-state index in [4.69, 9.17) is 20.7 Å². The average molecular weight is 211 g/mol. The van der Waals surface area contributed by atoms with Crippen molar-refractivity contribution in [3.05, 3.63) is 23.8 Å². The summed E-state index contributed by atoms with van der Waals surface area (Å²) in [6, 6.07) is 4.19. The number of aliphatic hydroxyl groups excluding tert-OH is 1. The zero-order chi connectivity index (χ0) is 11.4. The van der Waals surface area contributed by atoms with Crippen LogP contribution in [0.25, 0.3) is 0 Å². The smallest absolute Gasteiger partial charge is 0.335 e. The van der Waals surface area contributed by atoms with E-state index in [1.807, 2.05) is 0 Å². The third kappa shape index (κ3) is 3.14. The molecule has 4 N–H and O–H groups in total. The Hall–Kier alpha value is -1.75. The van der Waals surface area contributed by atoms with Crippen LogP contribution in [-0.2, 0) is 0 Å². The van der Waals surface area contributed by atoms with E-state index >= 15 is 0 Å². The van der Waals surface area contributed by atoms with Gasteiger partial charge in [-0.3, -0.25) is 0 Å². The first-order chi connectivity index (χ1) is 7.00. The molecule has 1 unspecified atom stereocenters. The Morgan fingerprint density at radius 2 is 2.27 bits per heavy atom. The fraction of sp³-hybridized carbons (Fsp3) is 0.300. The van der Waals surface area contributed by atoms with Crippen molar-refractivity contribution in [2.24, 2.45) is 0 Å². The van der Waals surface area contributed by atoms with E-state index < -0.39 is 12.1 Å². The lowest BCUT2D eigenvalue weighted by Crippen LogP contribution is -2.13. The van der Waals surface area contributed by atoms with Crippen LogP contribution < -0.4 is 10.5 Å². The predicted molar refractivity (Wildman–Crippen MR) is 55.0 cm³/mol. The second kappa shape index (κ2) is 4.65. The maximum absolute atomic E-state index is 10.7. The summed E-state index contributed by atoms with van der Waals surface area (Å²) in [5.74, 6) is -0.771. The highest BCUT2D eigenvalue weighted by atomic mass is 16.5. The third-order valence-electron chi connectivity index (χ3n) is 1.74. The van der Waals surface area contributed by atoms with Crippen LogP contribution in [0.5, 0.6) is 5.75 Å². The molecule has 1 atom stereocenters. The summed E-state index contributed by atoms with van der Waals surface area (Å²) in [6.45, 7) is 1.64. The molecule has 0 radical (unpaired) electrons. The Bertz CT molecular complexity index is 362. The quantitative estimate of drug-likeness (QED) is 0.638. The topological polar surface area (TPSA) is 92.8 Å². The molecule has 1 aromatic carbocycles. The Labute approximate surface area is 87.1 Å². The summed E-state index contributed by atoms with van der Waals surface area (Å²) in [5, 5.41) is 17.7. The Morgan fingerprint density at radius 1 is 1.60 bits per heavy atom. The first-order valence-corrected chi connectivity index (χ1v) is 4.44. The van der Waals surface area contributed by atoms with Crippen molar-refractivity contribution in [1.29, 1.82) is 0 Å². The van der Waals surface area contributed by atoms with E-state index in [0.717, 1.165) is 0 Å². The molecular weight excluding hydrogens is 198 g/mol. The van der Waals surface area contributed by atoms with Gasteiger partial charge in [0, 0.05) is 0 Å². The van der Waals surface area contributed by atoms with Gasteiger partial charge in [0.25, 0.3) is 0 Å². The van der Waals surface area contributed by atoms with E-state index in [2.05, 4.69) is 0 Å². The molecule has 0 fully saturated rings. The highest BCUT2D eigenvalue weighted by Crippen LogP contribution is 2.22. The molecule has 0 spiro atoms.